The molecule has 0 bridgehead atoms. The van der Waals surface area contributed by atoms with Gasteiger partial charge in [-0.3, -0.25) is 14.6 Å². The van der Waals surface area contributed by atoms with Gasteiger partial charge in [-0.2, -0.15) is 0 Å². The molecule has 3 rings (SSSR count). The van der Waals surface area contributed by atoms with E-state index < -0.39 is 0 Å². The van der Waals surface area contributed by atoms with Crippen molar-refractivity contribution in [2.45, 2.75) is 11.8 Å². The van der Waals surface area contributed by atoms with Crippen molar-refractivity contribution in [3.63, 3.8) is 0 Å². The van der Waals surface area contributed by atoms with Crippen molar-refractivity contribution >= 4 is 34.7 Å². The molecule has 9 heteroatoms. The number of amides is 1. The van der Waals surface area contributed by atoms with Crippen molar-refractivity contribution in [3.05, 3.63) is 30.5 Å². The zero-order valence-corrected chi connectivity index (χ0v) is 13.2. The third kappa shape index (κ3) is 4.08. The van der Waals surface area contributed by atoms with Crippen LogP contribution in [0.4, 0.5) is 5.88 Å². The van der Waals surface area contributed by atoms with Crippen LogP contribution < -0.4 is 10.00 Å². The molecule has 120 valence electrons. The predicted octanol–water partition coefficient (Wildman–Crippen LogP) is 1.48. The largest absolute Gasteiger partial charge is 0.431 e. The summed E-state index contributed by atoms with van der Waals surface area (Å²) in [6, 6.07) is 7.45. The summed E-state index contributed by atoms with van der Waals surface area (Å²) >= 11 is 1.22. The Hall–Kier alpha value is -2.39. The fraction of sp³-hybridized carbons (Fsp3) is 0.286. The molecular weight excluding hydrogens is 320 g/mol. The van der Waals surface area contributed by atoms with Crippen LogP contribution in [0.1, 0.15) is 0 Å². The molecule has 3 aromatic rings. The van der Waals surface area contributed by atoms with Gasteiger partial charge in [0, 0.05) is 7.11 Å². The first-order valence-electron chi connectivity index (χ1n) is 6.88. The zero-order chi connectivity index (χ0) is 16.1. The maximum atomic E-state index is 11.9. The van der Waals surface area contributed by atoms with Gasteiger partial charge < -0.3 is 9.15 Å². The van der Waals surface area contributed by atoms with Gasteiger partial charge in [-0.15, -0.1) is 0 Å². The summed E-state index contributed by atoms with van der Waals surface area (Å²) in [5, 5.41) is 6.84. The van der Waals surface area contributed by atoms with Crippen molar-refractivity contribution in [3.8, 4) is 0 Å². The summed E-state index contributed by atoms with van der Waals surface area (Å²) in [6.07, 6.45) is 1.60. The van der Waals surface area contributed by atoms with E-state index in [1.165, 1.54) is 11.8 Å². The van der Waals surface area contributed by atoms with E-state index >= 15 is 0 Å². The number of nitrogens with one attached hydrogen (secondary N) is 1. The van der Waals surface area contributed by atoms with E-state index in [9.17, 15) is 4.79 Å². The van der Waals surface area contributed by atoms with E-state index in [2.05, 4.69) is 15.6 Å². The minimum atomic E-state index is -0.229. The molecule has 8 nitrogen and oxygen atoms in total. The first kappa shape index (κ1) is 15.5. The molecule has 0 spiro atoms. The molecule has 1 amide bonds. The number of hydrogen-bond acceptors (Lipinski definition) is 7. The molecule has 0 radical (unpaired) electrons. The number of aromatic nitrogens is 3. The standard InChI is InChI=1S/C14H14N4O4S/c1-20-7-6-18-8-13(22-17-18)16-12(19)9-23-14-15-10-4-2-3-5-11(10)21-14/h2-5,8H,6-7,9H2,1H3/p+1. The lowest BCUT2D eigenvalue weighted by atomic mass is 10.3. The Balaban J connectivity index is 1.52. The minimum absolute atomic E-state index is 0.158. The van der Waals surface area contributed by atoms with E-state index in [0.717, 1.165) is 5.52 Å². The van der Waals surface area contributed by atoms with E-state index in [1.54, 1.807) is 18.0 Å². The second-order valence-electron chi connectivity index (χ2n) is 4.61. The van der Waals surface area contributed by atoms with Crippen molar-refractivity contribution in [1.82, 2.24) is 10.3 Å². The SMILES string of the molecule is COCC[n+]1cc(NC(=O)CSc2nc3ccccc3o2)on1. The highest BCUT2D eigenvalue weighted by molar-refractivity contribution is 7.99. The van der Waals surface area contributed by atoms with Crippen LogP contribution in [0.3, 0.4) is 0 Å². The van der Waals surface area contributed by atoms with Crippen LogP contribution in [0.5, 0.6) is 0 Å². The Morgan fingerprint density at radius 3 is 3.13 bits per heavy atom. The first-order chi connectivity index (χ1) is 11.2. The highest BCUT2D eigenvalue weighted by atomic mass is 32.2. The predicted molar refractivity (Wildman–Crippen MR) is 81.9 cm³/mol. The van der Waals surface area contributed by atoms with Crippen LogP contribution in [0.25, 0.3) is 11.1 Å². The lowest BCUT2D eigenvalue weighted by Crippen LogP contribution is -2.36. The van der Waals surface area contributed by atoms with Crippen molar-refractivity contribution < 1.29 is 23.2 Å². The quantitative estimate of drug-likeness (QED) is 0.516. The molecule has 0 atom stereocenters. The number of hydrogen-bond donors (Lipinski definition) is 1. The zero-order valence-electron chi connectivity index (χ0n) is 12.4. The molecule has 0 aliphatic heterocycles. The summed E-state index contributed by atoms with van der Waals surface area (Å²) in [4.78, 5) is 16.2. The number of fused-ring (bicyclic) bond motifs is 1. The average molecular weight is 335 g/mol. The molecule has 0 unspecified atom stereocenters. The normalized spacial score (nSPS) is 11.0. The lowest BCUT2D eigenvalue weighted by Gasteiger charge is -1.96. The molecule has 0 saturated carbocycles. The number of ether oxygens (including phenoxy) is 1. The van der Waals surface area contributed by atoms with Gasteiger partial charge in [-0.05, 0) is 16.8 Å². The number of nitrogens with zero attached hydrogens (tertiary/aromatic N) is 3. The third-order valence-electron chi connectivity index (χ3n) is 2.90. The van der Waals surface area contributed by atoms with Crippen molar-refractivity contribution in [1.29, 1.82) is 0 Å². The number of methoxy groups -OCH3 is 1. The second kappa shape index (κ2) is 7.25. The highest BCUT2D eigenvalue weighted by Crippen LogP contribution is 2.23. The molecular formula is C14H15N4O4S+. The van der Waals surface area contributed by atoms with Crippen LogP contribution in [-0.4, -0.2) is 35.6 Å². The van der Waals surface area contributed by atoms with Crippen LogP contribution >= 0.6 is 11.8 Å². The van der Waals surface area contributed by atoms with Gasteiger partial charge in [-0.25, -0.2) is 4.98 Å². The van der Waals surface area contributed by atoms with Crippen LogP contribution in [0.2, 0.25) is 0 Å². The van der Waals surface area contributed by atoms with Gasteiger partial charge in [0.05, 0.1) is 5.75 Å². The van der Waals surface area contributed by atoms with Crippen LogP contribution in [0.15, 0.2) is 44.6 Å². The van der Waals surface area contributed by atoms with Gasteiger partial charge in [-0.1, -0.05) is 23.9 Å². The fourth-order valence-corrected chi connectivity index (χ4v) is 2.48. The Morgan fingerprint density at radius 2 is 2.30 bits per heavy atom. The Bertz CT molecular complexity index is 768. The number of thioether (sulfide) groups is 1. The van der Waals surface area contributed by atoms with Gasteiger partial charge in [0.1, 0.15) is 12.1 Å². The van der Waals surface area contributed by atoms with Crippen molar-refractivity contribution in [2.75, 3.05) is 24.8 Å². The summed E-state index contributed by atoms with van der Waals surface area (Å²) in [5.74, 6) is 0.211. The molecule has 1 aromatic carbocycles. The number of anilines is 1. The Kier molecular flexibility index (Phi) is 4.89. The van der Waals surface area contributed by atoms with Gasteiger partial charge in [0.2, 0.25) is 17.7 Å². The maximum Gasteiger partial charge on any atom is 0.302 e. The Morgan fingerprint density at radius 1 is 1.43 bits per heavy atom. The number of oxazole rings is 1. The third-order valence-corrected chi connectivity index (χ3v) is 3.73. The average Bonchev–Trinajstić information content (AvgIpc) is 3.17. The highest BCUT2D eigenvalue weighted by Gasteiger charge is 2.15. The van der Waals surface area contributed by atoms with Gasteiger partial charge >= 0.3 is 5.88 Å². The summed E-state index contributed by atoms with van der Waals surface area (Å²) in [5.41, 5.74) is 1.47. The number of benzene rings is 1. The number of carbonyl (C=O) groups is 1. The van der Waals surface area contributed by atoms with Crippen LogP contribution in [-0.2, 0) is 16.1 Å². The number of carbonyl (C=O) groups excluding carboxylic acids is 1. The van der Waals surface area contributed by atoms with E-state index in [4.69, 9.17) is 13.7 Å². The molecule has 2 aromatic heterocycles. The fourth-order valence-electron chi connectivity index (χ4n) is 1.84. The van der Waals surface area contributed by atoms with Gasteiger partial charge in [0.25, 0.3) is 11.4 Å². The number of para-hydroxylation sites is 2. The molecule has 1 N–H and O–H groups in total. The van der Waals surface area contributed by atoms with E-state index in [1.807, 2.05) is 24.3 Å². The summed E-state index contributed by atoms with van der Waals surface area (Å²) in [6.45, 7) is 1.06. The molecule has 0 fully saturated rings. The monoisotopic (exact) mass is 335 g/mol. The second-order valence-corrected chi connectivity index (χ2v) is 5.53. The van der Waals surface area contributed by atoms with E-state index in [0.29, 0.717) is 24.0 Å². The molecule has 0 aliphatic carbocycles. The Labute approximate surface area is 135 Å². The molecule has 23 heavy (non-hydrogen) atoms. The minimum Gasteiger partial charge on any atom is -0.431 e. The van der Waals surface area contributed by atoms with E-state index in [-0.39, 0.29) is 17.5 Å². The number of rotatable bonds is 7. The summed E-state index contributed by atoms with van der Waals surface area (Å²) in [7, 11) is 1.60. The topological polar surface area (TPSA) is 94.3 Å². The lowest BCUT2D eigenvalue weighted by molar-refractivity contribution is -0.763. The van der Waals surface area contributed by atoms with Crippen LogP contribution in [0, 0.1) is 0 Å². The van der Waals surface area contributed by atoms with Gasteiger partial charge in [0.15, 0.2) is 5.58 Å². The molecule has 2 heterocycles. The van der Waals surface area contributed by atoms with Crippen molar-refractivity contribution in [2.24, 2.45) is 0 Å². The summed E-state index contributed by atoms with van der Waals surface area (Å²) < 4.78 is 17.0. The first-order valence-corrected chi connectivity index (χ1v) is 7.87. The molecule has 0 aliphatic rings. The maximum absolute atomic E-state index is 11.9. The smallest absolute Gasteiger partial charge is 0.302 e. The molecule has 0 saturated heterocycles.